The van der Waals surface area contributed by atoms with E-state index in [2.05, 4.69) is 67.8 Å². The second kappa shape index (κ2) is 35.8. The van der Waals surface area contributed by atoms with Gasteiger partial charge in [-0.25, -0.2) is 0 Å². The number of carbonyl (C=O) groups excluding carboxylic acids is 1. The van der Waals surface area contributed by atoms with Crippen molar-refractivity contribution >= 4 is 5.91 Å². The summed E-state index contributed by atoms with van der Waals surface area (Å²) in [6.45, 7) is 4.21. The van der Waals surface area contributed by atoms with Crippen molar-refractivity contribution in [3.05, 3.63) is 48.6 Å². The number of nitrogens with one attached hydrogen (secondary N) is 1. The van der Waals surface area contributed by atoms with Gasteiger partial charge in [0.05, 0.1) is 18.8 Å². The molecule has 2 unspecified atom stereocenters. The van der Waals surface area contributed by atoms with Gasteiger partial charge in [-0.1, -0.05) is 172 Å². The van der Waals surface area contributed by atoms with Crippen molar-refractivity contribution in [3.63, 3.8) is 0 Å². The molecule has 1 amide bonds. The average Bonchev–Trinajstić information content (AvgIpc) is 3.03. The number of carbonyl (C=O) groups is 1. The van der Waals surface area contributed by atoms with Gasteiger partial charge in [-0.15, -0.1) is 0 Å². The molecule has 0 heterocycles. The predicted octanol–water partition coefficient (Wildman–Crippen LogP) is 11.2. The van der Waals surface area contributed by atoms with Crippen molar-refractivity contribution < 1.29 is 15.0 Å². The summed E-state index contributed by atoms with van der Waals surface area (Å²) < 4.78 is 0. The first-order chi connectivity index (χ1) is 21.7. The molecule has 0 aliphatic heterocycles. The lowest BCUT2D eigenvalue weighted by Crippen LogP contribution is -2.45. The smallest absolute Gasteiger partial charge is 0.220 e. The van der Waals surface area contributed by atoms with Gasteiger partial charge in [0, 0.05) is 6.42 Å². The van der Waals surface area contributed by atoms with Crippen LogP contribution in [0.3, 0.4) is 0 Å². The van der Waals surface area contributed by atoms with Gasteiger partial charge in [0.1, 0.15) is 0 Å². The van der Waals surface area contributed by atoms with E-state index in [4.69, 9.17) is 0 Å². The highest BCUT2D eigenvalue weighted by atomic mass is 16.3. The van der Waals surface area contributed by atoms with Gasteiger partial charge in [-0.3, -0.25) is 4.79 Å². The Morgan fingerprint density at radius 2 is 1.00 bits per heavy atom. The number of rotatable bonds is 33. The number of hydrogen-bond acceptors (Lipinski definition) is 3. The van der Waals surface area contributed by atoms with E-state index >= 15 is 0 Å². The Hall–Kier alpha value is -1.65. The Morgan fingerprint density at radius 3 is 1.50 bits per heavy atom. The fourth-order valence-electron chi connectivity index (χ4n) is 5.47. The maximum Gasteiger partial charge on any atom is 0.220 e. The number of aliphatic hydroxyl groups is 2. The molecule has 0 aliphatic carbocycles. The van der Waals surface area contributed by atoms with Crippen molar-refractivity contribution in [2.45, 2.75) is 193 Å². The molecule has 4 heteroatoms. The molecule has 0 aromatic heterocycles. The maximum atomic E-state index is 12.3. The fourth-order valence-corrected chi connectivity index (χ4v) is 5.47. The summed E-state index contributed by atoms with van der Waals surface area (Å²) >= 11 is 0. The molecule has 0 radical (unpaired) electrons. The Kier molecular flexibility index (Phi) is 34.5. The van der Waals surface area contributed by atoms with Gasteiger partial charge in [0.25, 0.3) is 0 Å². The van der Waals surface area contributed by atoms with Crippen LogP contribution in [-0.4, -0.2) is 34.9 Å². The number of aliphatic hydroxyl groups excluding tert-OH is 2. The standard InChI is InChI=1S/C40H73NO3/c1-3-5-7-9-11-13-14-15-16-17-18-19-20-21-22-23-24-25-26-28-30-32-34-36-40(44)41-38(37-42)39(43)35-33-31-29-27-12-10-8-6-4-2/h5,7,11,13,15-16,18-19,38-39,42-43H,3-4,6,8-10,12,14,17,20-37H2,1-2H3,(H,41,44)/b7-5-,13-11-,16-15-,19-18-. The first-order valence-electron chi connectivity index (χ1n) is 18.8. The third-order valence-electron chi connectivity index (χ3n) is 8.35. The molecule has 256 valence electrons. The third kappa shape index (κ3) is 31.8. The molecule has 0 aliphatic rings. The fraction of sp³-hybridized carbons (Fsp3) is 0.775. The minimum Gasteiger partial charge on any atom is -0.394 e. The summed E-state index contributed by atoms with van der Waals surface area (Å²) in [5, 5.41) is 23.0. The Bertz CT molecular complexity index is 711. The summed E-state index contributed by atoms with van der Waals surface area (Å²) in [5.74, 6) is -0.0412. The average molecular weight is 616 g/mol. The lowest BCUT2D eigenvalue weighted by molar-refractivity contribution is -0.123. The van der Waals surface area contributed by atoms with Crippen LogP contribution in [0.25, 0.3) is 0 Å². The van der Waals surface area contributed by atoms with Gasteiger partial charge in [0.2, 0.25) is 5.91 Å². The number of allylic oxidation sites excluding steroid dienone is 8. The van der Waals surface area contributed by atoms with Crippen LogP contribution in [0.15, 0.2) is 48.6 Å². The lowest BCUT2D eigenvalue weighted by atomic mass is 10.0. The molecule has 0 spiro atoms. The second-order valence-electron chi connectivity index (χ2n) is 12.6. The van der Waals surface area contributed by atoms with Gasteiger partial charge >= 0.3 is 0 Å². The van der Waals surface area contributed by atoms with Crippen LogP contribution in [-0.2, 0) is 4.79 Å². The quantitative estimate of drug-likeness (QED) is 0.0508. The molecule has 0 bridgehead atoms. The van der Waals surface area contributed by atoms with E-state index in [0.717, 1.165) is 51.4 Å². The molecule has 0 saturated heterocycles. The molecule has 3 N–H and O–H groups in total. The number of amides is 1. The van der Waals surface area contributed by atoms with Crippen LogP contribution in [0.1, 0.15) is 181 Å². The molecule has 0 rings (SSSR count). The Morgan fingerprint density at radius 1 is 0.568 bits per heavy atom. The second-order valence-corrected chi connectivity index (χ2v) is 12.6. The summed E-state index contributed by atoms with van der Waals surface area (Å²) in [7, 11) is 0. The van der Waals surface area contributed by atoms with Crippen LogP contribution >= 0.6 is 0 Å². The van der Waals surface area contributed by atoms with Gasteiger partial charge in [0.15, 0.2) is 0 Å². The van der Waals surface area contributed by atoms with E-state index in [9.17, 15) is 15.0 Å². The normalized spacial score (nSPS) is 13.6. The maximum absolute atomic E-state index is 12.3. The van der Waals surface area contributed by atoms with Crippen molar-refractivity contribution in [2.24, 2.45) is 0 Å². The van der Waals surface area contributed by atoms with Crippen molar-refractivity contribution in [3.8, 4) is 0 Å². The summed E-state index contributed by atoms with van der Waals surface area (Å²) in [4.78, 5) is 12.3. The highest BCUT2D eigenvalue weighted by Gasteiger charge is 2.19. The van der Waals surface area contributed by atoms with Gasteiger partial charge in [-0.2, -0.15) is 0 Å². The minimum atomic E-state index is -0.659. The predicted molar refractivity (Wildman–Crippen MR) is 193 cm³/mol. The first-order valence-corrected chi connectivity index (χ1v) is 18.8. The number of unbranched alkanes of at least 4 members (excludes halogenated alkanes) is 18. The Balaban J connectivity index is 3.54. The first kappa shape index (κ1) is 42.3. The molecular formula is C40H73NO3. The van der Waals surface area contributed by atoms with Crippen LogP contribution in [0.2, 0.25) is 0 Å². The zero-order chi connectivity index (χ0) is 32.2. The summed E-state index contributed by atoms with van der Waals surface area (Å²) in [6, 6.07) is -0.537. The van der Waals surface area contributed by atoms with Crippen LogP contribution in [0, 0.1) is 0 Å². The molecule has 0 saturated carbocycles. The monoisotopic (exact) mass is 616 g/mol. The van der Waals surface area contributed by atoms with E-state index in [0.29, 0.717) is 12.8 Å². The minimum absolute atomic E-state index is 0.0412. The van der Waals surface area contributed by atoms with E-state index in [-0.39, 0.29) is 12.5 Å². The highest BCUT2D eigenvalue weighted by Crippen LogP contribution is 2.14. The summed E-state index contributed by atoms with van der Waals surface area (Å²) in [6.07, 6.45) is 47.4. The topological polar surface area (TPSA) is 69.6 Å². The van der Waals surface area contributed by atoms with E-state index in [1.54, 1.807) is 0 Å². The SMILES string of the molecule is CC/C=C\C/C=C\C/C=C\C/C=C\CCCCCCCCCCCCC(=O)NC(CO)C(O)CCCCCCCCCCC. The zero-order valence-corrected chi connectivity index (χ0v) is 29.2. The number of hydrogen-bond donors (Lipinski definition) is 3. The van der Waals surface area contributed by atoms with Gasteiger partial charge < -0.3 is 15.5 Å². The largest absolute Gasteiger partial charge is 0.394 e. The van der Waals surface area contributed by atoms with E-state index < -0.39 is 12.1 Å². The van der Waals surface area contributed by atoms with E-state index in [1.807, 2.05) is 0 Å². The van der Waals surface area contributed by atoms with Crippen molar-refractivity contribution in [1.29, 1.82) is 0 Å². The van der Waals surface area contributed by atoms with Crippen molar-refractivity contribution in [2.75, 3.05) is 6.61 Å². The van der Waals surface area contributed by atoms with Crippen LogP contribution < -0.4 is 5.32 Å². The molecule has 0 aromatic rings. The third-order valence-corrected chi connectivity index (χ3v) is 8.35. The molecule has 44 heavy (non-hydrogen) atoms. The van der Waals surface area contributed by atoms with Crippen LogP contribution in [0.4, 0.5) is 0 Å². The van der Waals surface area contributed by atoms with Crippen LogP contribution in [0.5, 0.6) is 0 Å². The molecule has 0 fully saturated rings. The molecular weight excluding hydrogens is 542 g/mol. The zero-order valence-electron chi connectivity index (χ0n) is 29.2. The Labute approximate surface area is 274 Å². The van der Waals surface area contributed by atoms with Crippen molar-refractivity contribution in [1.82, 2.24) is 5.32 Å². The molecule has 0 aromatic carbocycles. The van der Waals surface area contributed by atoms with Gasteiger partial charge in [-0.05, 0) is 51.4 Å². The molecule has 2 atom stereocenters. The van der Waals surface area contributed by atoms with E-state index in [1.165, 1.54) is 103 Å². The summed E-state index contributed by atoms with van der Waals surface area (Å²) in [5.41, 5.74) is 0. The lowest BCUT2D eigenvalue weighted by Gasteiger charge is -2.22. The molecule has 4 nitrogen and oxygen atoms in total. The highest BCUT2D eigenvalue weighted by molar-refractivity contribution is 5.76.